The number of halogens is 1. The first kappa shape index (κ1) is 22.8. The van der Waals surface area contributed by atoms with Gasteiger partial charge in [-0.05, 0) is 81.0 Å². The summed E-state index contributed by atoms with van der Waals surface area (Å²) in [6.45, 7) is 6.92. The summed E-state index contributed by atoms with van der Waals surface area (Å²) in [5, 5.41) is 0. The van der Waals surface area contributed by atoms with E-state index in [-0.39, 0.29) is 12.1 Å². The molecule has 0 amide bonds. The predicted octanol–water partition coefficient (Wildman–Crippen LogP) is 5.64. The molecule has 4 saturated heterocycles. The van der Waals surface area contributed by atoms with E-state index in [0.29, 0.717) is 35.8 Å². The number of hydrogen-bond donors (Lipinski definition) is 0. The van der Waals surface area contributed by atoms with Crippen LogP contribution in [0.15, 0.2) is 28.7 Å². The first-order chi connectivity index (χ1) is 15.3. The smallest absolute Gasteiger partial charge is 0.338 e. The predicted molar refractivity (Wildman–Crippen MR) is 120 cm³/mol. The Kier molecular flexibility index (Phi) is 6.16. The van der Waals surface area contributed by atoms with E-state index < -0.39 is 17.7 Å². The van der Waals surface area contributed by atoms with Crippen LogP contribution < -0.4 is 0 Å². The fourth-order valence-electron chi connectivity index (χ4n) is 6.43. The Morgan fingerprint density at radius 2 is 1.91 bits per heavy atom. The third-order valence-corrected chi connectivity index (χ3v) is 8.77. The maximum Gasteiger partial charge on any atom is 0.338 e. The van der Waals surface area contributed by atoms with Crippen LogP contribution >= 0.6 is 15.9 Å². The fourth-order valence-corrected chi connectivity index (χ4v) is 6.69. The van der Waals surface area contributed by atoms with Crippen molar-refractivity contribution in [1.29, 1.82) is 0 Å². The minimum absolute atomic E-state index is 0.0441. The van der Waals surface area contributed by atoms with Gasteiger partial charge in [-0.15, -0.1) is 0 Å². The van der Waals surface area contributed by atoms with Gasteiger partial charge in [0.2, 0.25) is 5.79 Å². The Hall–Kier alpha value is -0.990. The zero-order valence-corrected chi connectivity index (χ0v) is 20.6. The van der Waals surface area contributed by atoms with Gasteiger partial charge in [-0.25, -0.2) is 14.6 Å². The summed E-state index contributed by atoms with van der Waals surface area (Å²) >= 11 is 3.38. The molecule has 8 atom stereocenters. The van der Waals surface area contributed by atoms with Crippen molar-refractivity contribution < 1.29 is 28.8 Å². The molecule has 1 spiro atoms. The molecule has 4 aliphatic heterocycles. The Morgan fingerprint density at radius 1 is 1.12 bits per heavy atom. The van der Waals surface area contributed by atoms with Crippen molar-refractivity contribution in [2.24, 2.45) is 23.7 Å². The van der Waals surface area contributed by atoms with Crippen molar-refractivity contribution in [2.75, 3.05) is 6.61 Å². The SMILES string of the molecule is C[C@H]1[C@@H](CCCOC(=O)c2ccc(Br)cc2)OC2O[C@]3(C)CC[C@H]4[C@H](C)CC[C@@H]1[C@@]24OO3. The Bertz CT molecular complexity index is 845. The number of carbonyl (C=O) groups is 1. The summed E-state index contributed by atoms with van der Waals surface area (Å²) in [6.07, 6.45) is 5.36. The molecule has 6 nitrogen and oxygen atoms in total. The van der Waals surface area contributed by atoms with Gasteiger partial charge in [0.25, 0.3) is 0 Å². The molecule has 1 aromatic carbocycles. The lowest BCUT2D eigenvalue weighted by Gasteiger charge is -2.60. The Balaban J connectivity index is 1.23. The first-order valence-corrected chi connectivity index (χ1v) is 12.7. The summed E-state index contributed by atoms with van der Waals surface area (Å²) in [4.78, 5) is 24.3. The minimum Gasteiger partial charge on any atom is -0.462 e. The summed E-state index contributed by atoms with van der Waals surface area (Å²) in [6, 6.07) is 7.21. The van der Waals surface area contributed by atoms with Crippen LogP contribution in [-0.2, 0) is 24.0 Å². The molecule has 1 saturated carbocycles. The minimum atomic E-state index is -0.747. The average molecular weight is 509 g/mol. The first-order valence-electron chi connectivity index (χ1n) is 12.0. The van der Waals surface area contributed by atoms with E-state index in [1.165, 1.54) is 6.42 Å². The molecule has 176 valence electrons. The molecule has 0 radical (unpaired) electrons. The molecule has 32 heavy (non-hydrogen) atoms. The van der Waals surface area contributed by atoms with Gasteiger partial charge in [0.15, 0.2) is 11.9 Å². The molecular weight excluding hydrogens is 476 g/mol. The third-order valence-electron chi connectivity index (χ3n) is 8.24. The molecule has 6 rings (SSSR count). The second kappa shape index (κ2) is 8.66. The highest BCUT2D eigenvalue weighted by molar-refractivity contribution is 9.10. The van der Waals surface area contributed by atoms with Gasteiger partial charge in [-0.2, -0.15) is 0 Å². The number of ether oxygens (including phenoxy) is 3. The average Bonchev–Trinajstić information content (AvgIpc) is 3.00. The van der Waals surface area contributed by atoms with E-state index in [0.717, 1.165) is 36.6 Å². The number of esters is 1. The van der Waals surface area contributed by atoms with Gasteiger partial charge in [0, 0.05) is 16.8 Å². The maximum absolute atomic E-state index is 12.3. The molecule has 5 fully saturated rings. The van der Waals surface area contributed by atoms with Gasteiger partial charge in [0.1, 0.15) is 0 Å². The lowest BCUT2D eigenvalue weighted by atomic mass is 9.57. The second-order valence-corrected chi connectivity index (χ2v) is 11.1. The van der Waals surface area contributed by atoms with Gasteiger partial charge >= 0.3 is 5.97 Å². The lowest BCUT2D eigenvalue weighted by Crippen LogP contribution is -2.70. The summed E-state index contributed by atoms with van der Waals surface area (Å²) in [7, 11) is 0. The molecule has 4 heterocycles. The summed E-state index contributed by atoms with van der Waals surface area (Å²) in [5.41, 5.74) is 0.0468. The molecule has 7 heteroatoms. The summed E-state index contributed by atoms with van der Waals surface area (Å²) in [5.74, 6) is 0.556. The van der Waals surface area contributed by atoms with Gasteiger partial charge < -0.3 is 14.2 Å². The van der Waals surface area contributed by atoms with E-state index in [9.17, 15) is 4.79 Å². The number of benzene rings is 1. The standard InChI is InChI=1S/C25H33BrO6/c1-15-6-11-20-16(2)21(5-4-14-28-22(27)17-7-9-18(26)10-8-17)29-23-25(20)19(15)12-13-24(3,30-23)31-32-25/h7-10,15-16,19-21,23H,4-6,11-14H2,1-3H3/t15-,16-,19+,20+,21-,23?,24+,25-/m1/s1. The van der Waals surface area contributed by atoms with Gasteiger partial charge in [0.05, 0.1) is 18.3 Å². The largest absolute Gasteiger partial charge is 0.462 e. The summed E-state index contributed by atoms with van der Waals surface area (Å²) < 4.78 is 19.4. The van der Waals surface area contributed by atoms with Crippen molar-refractivity contribution in [3.05, 3.63) is 34.3 Å². The lowest BCUT2D eigenvalue weighted by molar-refractivity contribution is -0.571. The molecule has 5 aliphatic rings. The zero-order chi connectivity index (χ0) is 22.5. The van der Waals surface area contributed by atoms with Crippen LogP contribution in [0, 0.1) is 23.7 Å². The highest BCUT2D eigenvalue weighted by atomic mass is 79.9. The van der Waals surface area contributed by atoms with E-state index in [4.69, 9.17) is 24.0 Å². The van der Waals surface area contributed by atoms with E-state index in [1.807, 2.05) is 19.1 Å². The van der Waals surface area contributed by atoms with Crippen LogP contribution in [0.3, 0.4) is 0 Å². The molecule has 1 aromatic rings. The van der Waals surface area contributed by atoms with Crippen LogP contribution in [0.4, 0.5) is 0 Å². The van der Waals surface area contributed by atoms with Crippen molar-refractivity contribution in [2.45, 2.75) is 83.1 Å². The van der Waals surface area contributed by atoms with Crippen LogP contribution in [0.25, 0.3) is 0 Å². The number of fused-ring (bicyclic) bond motifs is 2. The fraction of sp³-hybridized carbons (Fsp3) is 0.720. The van der Waals surface area contributed by atoms with Gasteiger partial charge in [-0.3, -0.25) is 0 Å². The quantitative estimate of drug-likeness (QED) is 0.291. The number of hydrogen-bond acceptors (Lipinski definition) is 6. The van der Waals surface area contributed by atoms with E-state index in [2.05, 4.69) is 29.8 Å². The van der Waals surface area contributed by atoms with E-state index in [1.54, 1.807) is 12.1 Å². The van der Waals surface area contributed by atoms with E-state index >= 15 is 0 Å². The monoisotopic (exact) mass is 508 g/mol. The Labute approximate surface area is 198 Å². The highest BCUT2D eigenvalue weighted by Crippen LogP contribution is 2.60. The highest BCUT2D eigenvalue weighted by Gasteiger charge is 2.69. The van der Waals surface area contributed by atoms with Crippen molar-refractivity contribution in [3.63, 3.8) is 0 Å². The number of rotatable bonds is 5. The Morgan fingerprint density at radius 3 is 2.69 bits per heavy atom. The molecule has 2 bridgehead atoms. The topological polar surface area (TPSA) is 63.2 Å². The molecule has 1 aliphatic carbocycles. The normalized spacial score (nSPS) is 42.8. The molecule has 0 N–H and O–H groups in total. The maximum atomic E-state index is 12.3. The molecule has 0 aromatic heterocycles. The number of carbonyl (C=O) groups excluding carboxylic acids is 1. The third kappa shape index (κ3) is 3.84. The molecule has 1 unspecified atom stereocenters. The van der Waals surface area contributed by atoms with Crippen molar-refractivity contribution in [1.82, 2.24) is 0 Å². The van der Waals surface area contributed by atoms with Crippen molar-refractivity contribution in [3.8, 4) is 0 Å². The van der Waals surface area contributed by atoms with Crippen LogP contribution in [-0.4, -0.2) is 36.4 Å². The van der Waals surface area contributed by atoms with Crippen LogP contribution in [0.1, 0.15) is 69.7 Å². The van der Waals surface area contributed by atoms with Gasteiger partial charge in [-0.1, -0.05) is 29.8 Å². The van der Waals surface area contributed by atoms with Crippen LogP contribution in [0.2, 0.25) is 0 Å². The second-order valence-electron chi connectivity index (χ2n) is 10.2. The molecular formula is C25H33BrO6. The zero-order valence-electron chi connectivity index (χ0n) is 19.1. The van der Waals surface area contributed by atoms with Crippen LogP contribution in [0.5, 0.6) is 0 Å². The van der Waals surface area contributed by atoms with Crippen molar-refractivity contribution >= 4 is 21.9 Å².